The molecule has 0 spiro atoms. The van der Waals surface area contributed by atoms with Crippen molar-refractivity contribution in [1.29, 1.82) is 5.26 Å². The van der Waals surface area contributed by atoms with Gasteiger partial charge < -0.3 is 42.5 Å². The summed E-state index contributed by atoms with van der Waals surface area (Å²) < 4.78 is 48.7. The van der Waals surface area contributed by atoms with Crippen LogP contribution in [0.4, 0.5) is 11.8 Å². The number of rotatable bonds is 22. The van der Waals surface area contributed by atoms with E-state index in [-0.39, 0.29) is 44.3 Å². The third kappa shape index (κ3) is 12.4. The molecule has 4 unspecified atom stereocenters. The maximum Gasteiger partial charge on any atom is 0.259 e. The second-order valence-corrected chi connectivity index (χ2v) is 18.3. The number of methoxy groups -OCH3 is 3. The fourth-order valence-corrected chi connectivity index (χ4v) is 9.54. The van der Waals surface area contributed by atoms with Crippen molar-refractivity contribution in [1.82, 2.24) is 34.2 Å². The molecule has 4 atom stereocenters. The second kappa shape index (κ2) is 24.3. The first-order chi connectivity index (χ1) is 32.8. The molecule has 68 heavy (non-hydrogen) atoms. The Morgan fingerprint density at radius 3 is 2.01 bits per heavy atom. The molecular weight excluding hydrogens is 884 g/mol. The lowest BCUT2D eigenvalue weighted by Crippen LogP contribution is -2.39. The summed E-state index contributed by atoms with van der Waals surface area (Å²) >= 11 is 0. The minimum atomic E-state index is -1.71. The van der Waals surface area contributed by atoms with Gasteiger partial charge in [0, 0.05) is 53.8 Å². The number of nitriles is 1. The average Bonchev–Trinajstić information content (AvgIpc) is 3.91. The smallest absolute Gasteiger partial charge is 0.259 e. The van der Waals surface area contributed by atoms with Gasteiger partial charge in [-0.25, -0.2) is 19.3 Å². The molecule has 0 bridgehead atoms. The van der Waals surface area contributed by atoms with Gasteiger partial charge in [-0.05, 0) is 74.6 Å². The molecular formula is C50H63N10O7P. The molecule has 0 aliphatic carbocycles. The van der Waals surface area contributed by atoms with E-state index in [1.54, 1.807) is 43.6 Å². The molecule has 18 heteroatoms. The summed E-state index contributed by atoms with van der Waals surface area (Å²) in [5.74, 6) is 8.13. The molecule has 1 saturated heterocycles. The molecule has 3 heterocycles. The second-order valence-electron chi connectivity index (χ2n) is 16.9. The van der Waals surface area contributed by atoms with Crippen LogP contribution < -0.4 is 9.47 Å². The van der Waals surface area contributed by atoms with Crippen LogP contribution in [0.3, 0.4) is 0 Å². The highest BCUT2D eigenvalue weighted by atomic mass is 31.2. The Balaban J connectivity index is 1.54. The molecule has 0 radical (unpaired) electrons. The number of ether oxygens (including phenoxy) is 5. The molecule has 6 rings (SSSR count). The van der Waals surface area contributed by atoms with Crippen LogP contribution in [0.5, 0.6) is 11.5 Å². The average molecular weight is 947 g/mol. The van der Waals surface area contributed by atoms with E-state index < -0.39 is 32.6 Å². The minimum absolute atomic E-state index is 0.0459. The third-order valence-electron chi connectivity index (χ3n) is 10.7. The fourth-order valence-electron chi connectivity index (χ4n) is 7.78. The summed E-state index contributed by atoms with van der Waals surface area (Å²) in [6.07, 6.45) is 1.72. The maximum absolute atomic E-state index is 9.54. The summed E-state index contributed by atoms with van der Waals surface area (Å²) in [4.78, 5) is 22.6. The Morgan fingerprint density at radius 2 is 1.46 bits per heavy atom. The molecule has 360 valence electrons. The van der Waals surface area contributed by atoms with E-state index in [4.69, 9.17) is 52.8 Å². The third-order valence-corrected chi connectivity index (χ3v) is 12.9. The van der Waals surface area contributed by atoms with E-state index in [1.807, 2.05) is 99.8 Å². The number of aliphatic imine (C=N–C) groups is 2. The lowest BCUT2D eigenvalue weighted by Gasteiger charge is -2.39. The summed E-state index contributed by atoms with van der Waals surface area (Å²) in [6.45, 7) is 8.83. The Morgan fingerprint density at radius 1 is 0.853 bits per heavy atom. The molecule has 2 aromatic heterocycles. The Hall–Kier alpha value is -6.01. The van der Waals surface area contributed by atoms with Crippen molar-refractivity contribution in [2.24, 2.45) is 9.98 Å². The van der Waals surface area contributed by atoms with Crippen LogP contribution in [0.1, 0.15) is 69.1 Å². The number of hydrogen-bond acceptors (Lipinski definition) is 14. The first-order valence-corrected chi connectivity index (χ1v) is 23.5. The van der Waals surface area contributed by atoms with Crippen LogP contribution in [0.25, 0.3) is 11.0 Å². The molecule has 1 aliphatic heterocycles. The zero-order valence-electron chi connectivity index (χ0n) is 40.9. The largest absolute Gasteiger partial charge is 0.497 e. The van der Waals surface area contributed by atoms with Crippen LogP contribution in [0.2, 0.25) is 0 Å². The standard InChI is InChI=1S/C50H63N10O7P/c1-35(2)60(36(3)4)68(65-30-16-28-51)67-43-31-45(59-48-46(42(56-59)19-15-29-61-9)47(52-33-57(5)6)54-49(55-48)53-34-58(7)8)66-44(43)32-64-50(37-17-13-12-14-18-37,38-20-24-40(62-10)25-21-38)39-22-26-41(63-11)27-23-39/h12-14,17-18,20-27,33-36,43-45H,16,29-32H2,1-11H3/b52-33-,53-34+. The summed E-state index contributed by atoms with van der Waals surface area (Å²) in [6, 6.07) is 28.2. The Bertz CT molecular complexity index is 2500. The van der Waals surface area contributed by atoms with Gasteiger partial charge in [-0.1, -0.05) is 60.5 Å². The number of benzene rings is 3. The molecule has 3 aromatic carbocycles. The number of fused-ring (bicyclic) bond motifs is 1. The summed E-state index contributed by atoms with van der Waals surface area (Å²) in [5, 5.41) is 15.1. The van der Waals surface area contributed by atoms with Crippen LogP contribution in [-0.2, 0) is 28.9 Å². The van der Waals surface area contributed by atoms with Crippen molar-refractivity contribution in [3.63, 3.8) is 0 Å². The minimum Gasteiger partial charge on any atom is -0.497 e. The van der Waals surface area contributed by atoms with Crippen molar-refractivity contribution in [3.05, 3.63) is 101 Å². The topological polar surface area (TPSA) is 166 Å². The first-order valence-electron chi connectivity index (χ1n) is 22.4. The number of hydrogen-bond donors (Lipinski definition) is 0. The highest BCUT2D eigenvalue weighted by Crippen LogP contribution is 2.51. The lowest BCUT2D eigenvalue weighted by atomic mass is 9.80. The highest BCUT2D eigenvalue weighted by molar-refractivity contribution is 7.44. The van der Waals surface area contributed by atoms with Crippen LogP contribution in [0, 0.1) is 23.2 Å². The fraction of sp³-hybridized carbons (Fsp3) is 0.440. The van der Waals surface area contributed by atoms with Crippen LogP contribution in [-0.4, -0.2) is 141 Å². The van der Waals surface area contributed by atoms with Gasteiger partial charge in [-0.3, -0.25) is 0 Å². The summed E-state index contributed by atoms with van der Waals surface area (Å²) in [5.41, 5.74) is 2.26. The van der Waals surface area contributed by atoms with E-state index in [9.17, 15) is 5.26 Å². The molecule has 1 aliphatic rings. The zero-order chi connectivity index (χ0) is 48.8. The van der Waals surface area contributed by atoms with Gasteiger partial charge >= 0.3 is 0 Å². The zero-order valence-corrected chi connectivity index (χ0v) is 41.8. The van der Waals surface area contributed by atoms with Crippen molar-refractivity contribution in [2.45, 2.75) is 76.7 Å². The molecule has 17 nitrogen and oxygen atoms in total. The molecule has 0 saturated carbocycles. The predicted octanol–water partition coefficient (Wildman–Crippen LogP) is 8.24. The van der Waals surface area contributed by atoms with Crippen molar-refractivity contribution < 1.29 is 32.7 Å². The monoisotopic (exact) mass is 946 g/mol. The van der Waals surface area contributed by atoms with Gasteiger partial charge in [0.15, 0.2) is 17.7 Å². The Kier molecular flexibility index (Phi) is 18.4. The number of aromatic nitrogens is 4. The van der Waals surface area contributed by atoms with Gasteiger partial charge in [0.05, 0.1) is 58.7 Å². The molecule has 1 fully saturated rings. The quantitative estimate of drug-likeness (QED) is 0.0163. The van der Waals surface area contributed by atoms with E-state index in [0.29, 0.717) is 40.5 Å². The van der Waals surface area contributed by atoms with Crippen molar-refractivity contribution in [2.75, 3.05) is 69.3 Å². The van der Waals surface area contributed by atoms with Gasteiger partial charge in [0.25, 0.3) is 14.5 Å². The van der Waals surface area contributed by atoms with Gasteiger partial charge in [-0.15, -0.1) is 0 Å². The van der Waals surface area contributed by atoms with Gasteiger partial charge in [0.2, 0.25) is 0 Å². The first kappa shape index (κ1) is 51.4. The normalized spacial score (nSPS) is 16.8. The lowest BCUT2D eigenvalue weighted by molar-refractivity contribution is -0.0931. The van der Waals surface area contributed by atoms with E-state index in [0.717, 1.165) is 16.7 Å². The number of nitrogens with zero attached hydrogens (tertiary/aromatic N) is 10. The van der Waals surface area contributed by atoms with E-state index in [1.165, 1.54) is 0 Å². The molecule has 0 amide bonds. The van der Waals surface area contributed by atoms with Gasteiger partial charge in [-0.2, -0.15) is 20.3 Å². The van der Waals surface area contributed by atoms with Gasteiger partial charge in [0.1, 0.15) is 40.9 Å². The Labute approximate surface area is 401 Å². The molecule has 5 aromatic rings. The van der Waals surface area contributed by atoms with Crippen LogP contribution >= 0.6 is 8.53 Å². The highest BCUT2D eigenvalue weighted by Gasteiger charge is 2.46. The van der Waals surface area contributed by atoms with E-state index in [2.05, 4.69) is 67.4 Å². The predicted molar refractivity (Wildman–Crippen MR) is 265 cm³/mol. The molecule has 0 N–H and O–H groups in total. The van der Waals surface area contributed by atoms with E-state index >= 15 is 0 Å². The maximum atomic E-state index is 9.54. The summed E-state index contributed by atoms with van der Waals surface area (Å²) in [7, 11) is 10.6. The van der Waals surface area contributed by atoms with Crippen molar-refractivity contribution in [3.8, 4) is 29.4 Å². The van der Waals surface area contributed by atoms with Crippen molar-refractivity contribution >= 4 is 44.0 Å². The SMILES string of the molecule is COCC#Cc1nn(C2CC(OP(OCCC#N)N(C(C)C)C(C)C)C(COC(c3ccccc3)(c3ccc(OC)cc3)c3ccc(OC)cc3)O2)c2nc(/N=C/N(C)C)nc(/N=C\N(C)C)c12. The van der Waals surface area contributed by atoms with Crippen LogP contribution in [0.15, 0.2) is 88.8 Å².